The van der Waals surface area contributed by atoms with Gasteiger partial charge in [-0.2, -0.15) is 0 Å². The van der Waals surface area contributed by atoms with Crippen LogP contribution in [-0.4, -0.2) is 12.6 Å². The van der Waals surface area contributed by atoms with Crippen molar-refractivity contribution in [2.75, 3.05) is 6.61 Å². The molecule has 0 aromatic heterocycles. The fourth-order valence-electron chi connectivity index (χ4n) is 1.71. The van der Waals surface area contributed by atoms with Crippen molar-refractivity contribution in [3.63, 3.8) is 0 Å². The highest BCUT2D eigenvalue weighted by Crippen LogP contribution is 2.17. The molecule has 0 unspecified atom stereocenters. The number of rotatable bonds is 4. The number of hydrogen-bond donors (Lipinski definition) is 0. The summed E-state index contributed by atoms with van der Waals surface area (Å²) in [6.45, 7) is 6.37. The maximum absolute atomic E-state index is 11.8. The average Bonchev–Trinajstić information content (AvgIpc) is 2.28. The van der Waals surface area contributed by atoms with Crippen LogP contribution in [0.25, 0.3) is 0 Å². The Morgan fingerprint density at radius 1 is 1.13 bits per heavy atom. The van der Waals surface area contributed by atoms with Gasteiger partial charge in [-0.25, -0.2) is 4.79 Å². The summed E-state index contributed by atoms with van der Waals surface area (Å²) in [6.07, 6.45) is 1.73. The van der Waals surface area contributed by atoms with Gasteiger partial charge in [0.2, 0.25) is 0 Å². The first-order valence-corrected chi connectivity index (χ1v) is 5.52. The third kappa shape index (κ3) is 2.58. The van der Waals surface area contributed by atoms with E-state index in [0.717, 1.165) is 29.5 Å². The van der Waals surface area contributed by atoms with E-state index in [9.17, 15) is 4.79 Å². The number of carbonyl (C=O) groups excluding carboxylic acids is 1. The van der Waals surface area contributed by atoms with E-state index in [0.29, 0.717) is 6.61 Å². The van der Waals surface area contributed by atoms with E-state index in [1.807, 2.05) is 25.1 Å². The van der Waals surface area contributed by atoms with Crippen LogP contribution in [0, 0.1) is 0 Å². The maximum atomic E-state index is 11.8. The molecule has 82 valence electrons. The third-order valence-electron chi connectivity index (χ3n) is 2.48. The van der Waals surface area contributed by atoms with Crippen molar-refractivity contribution >= 4 is 5.97 Å². The van der Waals surface area contributed by atoms with Gasteiger partial charge in [0.1, 0.15) is 0 Å². The molecule has 15 heavy (non-hydrogen) atoms. The standard InChI is InChI=1S/C13H18O2/c1-4-10-8-7-9-11(5-2)12(10)13(14)15-6-3/h7-9H,4-6H2,1-3H3. The zero-order valence-electron chi connectivity index (χ0n) is 9.67. The first kappa shape index (κ1) is 11.8. The molecule has 0 saturated carbocycles. The van der Waals surface area contributed by atoms with Gasteiger partial charge in [-0.1, -0.05) is 32.0 Å². The van der Waals surface area contributed by atoms with E-state index in [1.54, 1.807) is 0 Å². The number of hydrogen-bond acceptors (Lipinski definition) is 2. The molecule has 0 N–H and O–H groups in total. The SMILES string of the molecule is CCOC(=O)c1c(CC)cccc1CC. The predicted octanol–water partition coefficient (Wildman–Crippen LogP) is 2.99. The molecule has 2 heteroatoms. The highest BCUT2D eigenvalue weighted by Gasteiger charge is 2.14. The minimum absolute atomic E-state index is 0.188. The second-order valence-electron chi connectivity index (χ2n) is 3.38. The summed E-state index contributed by atoms with van der Waals surface area (Å²) in [7, 11) is 0. The van der Waals surface area contributed by atoms with Gasteiger partial charge in [0, 0.05) is 0 Å². The molecule has 1 rings (SSSR count). The zero-order chi connectivity index (χ0) is 11.3. The Bertz CT molecular complexity index is 320. The lowest BCUT2D eigenvalue weighted by atomic mass is 9.98. The van der Waals surface area contributed by atoms with E-state index < -0.39 is 0 Å². The number of carbonyl (C=O) groups is 1. The fourth-order valence-corrected chi connectivity index (χ4v) is 1.71. The summed E-state index contributed by atoms with van der Waals surface area (Å²) < 4.78 is 5.07. The van der Waals surface area contributed by atoms with E-state index >= 15 is 0 Å². The molecule has 0 amide bonds. The van der Waals surface area contributed by atoms with Crippen LogP contribution in [0.15, 0.2) is 18.2 Å². The Balaban J connectivity index is 3.15. The van der Waals surface area contributed by atoms with Crippen LogP contribution in [0.1, 0.15) is 42.3 Å². The molecule has 0 aliphatic heterocycles. The van der Waals surface area contributed by atoms with Crippen molar-refractivity contribution in [1.29, 1.82) is 0 Å². The van der Waals surface area contributed by atoms with Gasteiger partial charge < -0.3 is 4.74 Å². The molecule has 1 aromatic carbocycles. The molecule has 0 spiro atoms. The smallest absolute Gasteiger partial charge is 0.338 e. The van der Waals surface area contributed by atoms with Gasteiger partial charge in [-0.3, -0.25) is 0 Å². The lowest BCUT2D eigenvalue weighted by Crippen LogP contribution is -2.11. The highest BCUT2D eigenvalue weighted by molar-refractivity contribution is 5.92. The normalized spacial score (nSPS) is 10.1. The predicted molar refractivity (Wildman–Crippen MR) is 61.2 cm³/mol. The molecule has 0 fully saturated rings. The topological polar surface area (TPSA) is 26.3 Å². The molecule has 0 atom stereocenters. The largest absolute Gasteiger partial charge is 0.462 e. The van der Waals surface area contributed by atoms with E-state index in [-0.39, 0.29) is 5.97 Å². The van der Waals surface area contributed by atoms with Crippen molar-refractivity contribution in [3.8, 4) is 0 Å². The maximum Gasteiger partial charge on any atom is 0.338 e. The van der Waals surface area contributed by atoms with Crippen molar-refractivity contribution in [1.82, 2.24) is 0 Å². The third-order valence-corrected chi connectivity index (χ3v) is 2.48. The number of ether oxygens (including phenoxy) is 1. The zero-order valence-corrected chi connectivity index (χ0v) is 9.67. The minimum Gasteiger partial charge on any atom is -0.462 e. The Morgan fingerprint density at radius 3 is 2.07 bits per heavy atom. The number of aryl methyl sites for hydroxylation is 2. The van der Waals surface area contributed by atoms with Crippen LogP contribution in [0.2, 0.25) is 0 Å². The second-order valence-corrected chi connectivity index (χ2v) is 3.38. The molecule has 0 radical (unpaired) electrons. The molecule has 0 aliphatic rings. The van der Waals surface area contributed by atoms with Crippen molar-refractivity contribution in [3.05, 3.63) is 34.9 Å². The molecule has 1 aromatic rings. The van der Waals surface area contributed by atoms with E-state index in [2.05, 4.69) is 13.8 Å². The van der Waals surface area contributed by atoms with Crippen LogP contribution >= 0.6 is 0 Å². The van der Waals surface area contributed by atoms with Gasteiger partial charge in [0.25, 0.3) is 0 Å². The van der Waals surface area contributed by atoms with Crippen molar-refractivity contribution in [2.45, 2.75) is 33.6 Å². The van der Waals surface area contributed by atoms with Gasteiger partial charge in [0.05, 0.1) is 12.2 Å². The second kappa shape index (κ2) is 5.54. The molecular weight excluding hydrogens is 188 g/mol. The van der Waals surface area contributed by atoms with Crippen molar-refractivity contribution in [2.24, 2.45) is 0 Å². The minimum atomic E-state index is -0.188. The van der Waals surface area contributed by atoms with Gasteiger partial charge in [0.15, 0.2) is 0 Å². The number of benzene rings is 1. The van der Waals surface area contributed by atoms with Gasteiger partial charge in [-0.15, -0.1) is 0 Å². The van der Waals surface area contributed by atoms with Crippen LogP contribution in [0.3, 0.4) is 0 Å². The van der Waals surface area contributed by atoms with Crippen LogP contribution in [0.4, 0.5) is 0 Å². The first-order chi connectivity index (χ1) is 7.24. The molecule has 0 bridgehead atoms. The molecule has 0 saturated heterocycles. The molecular formula is C13H18O2. The Kier molecular flexibility index (Phi) is 4.35. The molecule has 0 aliphatic carbocycles. The monoisotopic (exact) mass is 206 g/mol. The number of esters is 1. The van der Waals surface area contributed by atoms with Crippen LogP contribution < -0.4 is 0 Å². The summed E-state index contributed by atoms with van der Waals surface area (Å²) in [5, 5.41) is 0. The summed E-state index contributed by atoms with van der Waals surface area (Å²) in [6, 6.07) is 5.98. The van der Waals surface area contributed by atoms with Crippen LogP contribution in [-0.2, 0) is 17.6 Å². The quantitative estimate of drug-likeness (QED) is 0.708. The summed E-state index contributed by atoms with van der Waals surface area (Å²) >= 11 is 0. The Hall–Kier alpha value is -1.31. The summed E-state index contributed by atoms with van der Waals surface area (Å²) in [4.78, 5) is 11.8. The summed E-state index contributed by atoms with van der Waals surface area (Å²) in [5.41, 5.74) is 2.92. The van der Waals surface area contributed by atoms with Gasteiger partial charge in [-0.05, 0) is 30.9 Å². The Labute approximate surface area is 91.3 Å². The Morgan fingerprint density at radius 2 is 1.67 bits per heavy atom. The molecule has 2 nitrogen and oxygen atoms in total. The lowest BCUT2D eigenvalue weighted by Gasteiger charge is -2.11. The van der Waals surface area contributed by atoms with Crippen LogP contribution in [0.5, 0.6) is 0 Å². The first-order valence-electron chi connectivity index (χ1n) is 5.52. The van der Waals surface area contributed by atoms with Crippen molar-refractivity contribution < 1.29 is 9.53 Å². The van der Waals surface area contributed by atoms with Gasteiger partial charge >= 0.3 is 5.97 Å². The fraction of sp³-hybridized carbons (Fsp3) is 0.462. The highest BCUT2D eigenvalue weighted by atomic mass is 16.5. The lowest BCUT2D eigenvalue weighted by molar-refractivity contribution is 0.0524. The molecule has 0 heterocycles. The average molecular weight is 206 g/mol. The summed E-state index contributed by atoms with van der Waals surface area (Å²) in [5.74, 6) is -0.188. The van der Waals surface area contributed by atoms with E-state index in [1.165, 1.54) is 0 Å². The van der Waals surface area contributed by atoms with E-state index in [4.69, 9.17) is 4.74 Å².